The molecule has 0 unspecified atom stereocenters. The molecule has 0 atom stereocenters. The molecule has 8 aromatic heterocycles. The highest BCUT2D eigenvalue weighted by Gasteiger charge is 2.11. The van der Waals surface area contributed by atoms with Crippen molar-refractivity contribution in [3.8, 4) is 0 Å². The van der Waals surface area contributed by atoms with E-state index in [4.69, 9.17) is 40.2 Å². The number of aromatic nitrogens is 16. The molecular formula is C40H64B4F12N16O8. The highest BCUT2D eigenvalue weighted by molar-refractivity contribution is 6.27. The van der Waals surface area contributed by atoms with Crippen LogP contribution in [0, 0.1) is 48.6 Å². The lowest BCUT2D eigenvalue weighted by molar-refractivity contribution is -0.700. The summed E-state index contributed by atoms with van der Waals surface area (Å²) in [5.74, 6) is 0. The minimum absolute atomic E-state index is 0.231. The molecule has 40 heteroatoms. The van der Waals surface area contributed by atoms with Gasteiger partial charge in [-0.25, -0.2) is 73.1 Å². The van der Waals surface area contributed by atoms with Gasteiger partial charge in [0.2, 0.25) is 0 Å². The van der Waals surface area contributed by atoms with Crippen molar-refractivity contribution in [2.75, 3.05) is 0 Å². The minimum atomic E-state index is -3.17. The smallest absolute Gasteiger partial charge is 0.445 e. The number of nitrogens with zero attached hydrogens (tertiary/aromatic N) is 16. The van der Waals surface area contributed by atoms with Gasteiger partial charge >= 0.3 is 48.6 Å². The van der Waals surface area contributed by atoms with Gasteiger partial charge in [0, 0.05) is 0 Å². The van der Waals surface area contributed by atoms with Crippen LogP contribution in [0.15, 0.2) is 99.1 Å². The molecule has 0 bridgehead atoms. The quantitative estimate of drug-likeness (QED) is 0.0799. The Hall–Kier alpha value is -7.22. The SMILES string of the molecule is Cn1cc[n+](C)c1F.Cn1cc[n+](C)c1F.Cn1cc[n+](C)c1F.Cn1cc[n+](C)c1F.Cn1cc[n+](C)c1F.Cn1cc[n+](C)c1F.Cn1cc[n+](C)c1F.Cn1cc[n+](C)c1F.[O-]B([O-])F.[O-]B([O-])F.[O-]B([O-])F.[O-]B([O-])F. The van der Waals surface area contributed by atoms with E-state index < -0.39 is 29.6 Å². The van der Waals surface area contributed by atoms with Crippen LogP contribution in [-0.2, 0) is 113 Å². The standard InChI is InChI=1S/8C5H8FN2.4BFO2/c8*1-7-3-4-8(2)5(7)6;4*2-1(3)4/h8*3-4H,1-2H3;;;;/q8*+1;4*-2. The molecule has 0 saturated carbocycles. The van der Waals surface area contributed by atoms with Gasteiger partial charge in [0.15, 0.2) is 0 Å². The number of hydrogen-bond donors (Lipinski definition) is 0. The van der Waals surface area contributed by atoms with Crippen LogP contribution in [0.1, 0.15) is 0 Å². The number of halogens is 12. The van der Waals surface area contributed by atoms with Crippen LogP contribution in [0.5, 0.6) is 0 Å². The number of imidazole rings is 8. The van der Waals surface area contributed by atoms with Gasteiger partial charge in [-0.05, 0) is 0 Å². The number of hydrogen-bond acceptors (Lipinski definition) is 8. The summed E-state index contributed by atoms with van der Waals surface area (Å²) >= 11 is 0. The van der Waals surface area contributed by atoms with Gasteiger partial charge < -0.3 is 57.5 Å². The first-order chi connectivity index (χ1) is 36.6. The largest absolute Gasteiger partial charge is 0.867 e. The van der Waals surface area contributed by atoms with Crippen molar-refractivity contribution in [2.24, 2.45) is 113 Å². The molecule has 0 radical (unpaired) electrons. The number of aryl methyl sites for hydroxylation is 16. The third-order valence-electron chi connectivity index (χ3n) is 8.77. The zero-order valence-corrected chi connectivity index (χ0v) is 46.5. The van der Waals surface area contributed by atoms with Crippen molar-refractivity contribution in [2.45, 2.75) is 0 Å². The predicted octanol–water partition coefficient (Wildman–Crippen LogP) is -9.44. The van der Waals surface area contributed by atoms with Crippen molar-refractivity contribution in [1.29, 1.82) is 0 Å². The molecule has 0 N–H and O–H groups in total. The lowest BCUT2D eigenvalue weighted by Crippen LogP contribution is -2.39. The second-order valence-corrected chi connectivity index (χ2v) is 15.4. The molecule has 0 fully saturated rings. The predicted molar refractivity (Wildman–Crippen MR) is 240 cm³/mol. The zero-order valence-electron chi connectivity index (χ0n) is 46.5. The van der Waals surface area contributed by atoms with Gasteiger partial charge in [0.25, 0.3) is 0 Å². The molecule has 8 rings (SSSR count). The first-order valence-corrected chi connectivity index (χ1v) is 21.8. The number of rotatable bonds is 0. The van der Waals surface area contributed by atoms with Gasteiger partial charge in [0.1, 0.15) is 129 Å². The fourth-order valence-electron chi connectivity index (χ4n) is 4.57. The Kier molecular flexibility index (Phi) is 41.4. The summed E-state index contributed by atoms with van der Waals surface area (Å²) in [6.07, 6.45) is 24.7. The Morgan fingerprint density at radius 3 is 0.312 bits per heavy atom. The zero-order chi connectivity index (χ0) is 63.5. The van der Waals surface area contributed by atoms with E-state index in [0.29, 0.717) is 0 Å². The molecule has 0 amide bonds. The average Bonchev–Trinajstić information content (AvgIpc) is 4.26. The van der Waals surface area contributed by atoms with Crippen molar-refractivity contribution in [3.05, 3.63) is 148 Å². The summed E-state index contributed by atoms with van der Waals surface area (Å²) in [6, 6.07) is 0. The van der Waals surface area contributed by atoms with E-state index in [1.807, 2.05) is 0 Å². The summed E-state index contributed by atoms with van der Waals surface area (Å²) in [4.78, 5) is 0. The molecule has 0 spiro atoms. The highest BCUT2D eigenvalue weighted by atomic mass is 19.2. The molecule has 8 heterocycles. The average molecular weight is 1170 g/mol. The third kappa shape index (κ3) is 36.8. The van der Waals surface area contributed by atoms with Gasteiger partial charge in [-0.15, -0.1) is 35.1 Å². The monoisotopic (exact) mass is 1170 g/mol. The Balaban J connectivity index is -0.000000398. The van der Waals surface area contributed by atoms with E-state index in [1.54, 1.807) is 212 Å². The van der Waals surface area contributed by atoms with Crippen molar-refractivity contribution in [1.82, 2.24) is 36.5 Å². The maximum absolute atomic E-state index is 12.4. The maximum atomic E-state index is 12.4. The molecule has 0 saturated heterocycles. The van der Waals surface area contributed by atoms with E-state index in [-0.39, 0.29) is 48.6 Å². The van der Waals surface area contributed by atoms with Crippen LogP contribution < -0.4 is 76.7 Å². The third-order valence-corrected chi connectivity index (χ3v) is 8.77. The van der Waals surface area contributed by atoms with Crippen molar-refractivity contribution < 1.29 is 129 Å². The summed E-state index contributed by atoms with van der Waals surface area (Å²) in [5.41, 5.74) is 0. The first-order valence-electron chi connectivity index (χ1n) is 21.8. The van der Waals surface area contributed by atoms with Crippen LogP contribution in [0.4, 0.5) is 52.4 Å². The van der Waals surface area contributed by atoms with Gasteiger partial charge in [-0.1, -0.05) is 0 Å². The van der Waals surface area contributed by atoms with E-state index in [1.165, 1.54) is 73.1 Å². The molecular weight excluding hydrogens is 1100 g/mol. The van der Waals surface area contributed by atoms with E-state index in [2.05, 4.69) is 0 Å². The molecule has 80 heavy (non-hydrogen) atoms. The van der Waals surface area contributed by atoms with Gasteiger partial charge in [-0.3, -0.25) is 0 Å². The Bertz CT molecular complexity index is 2160. The van der Waals surface area contributed by atoms with E-state index >= 15 is 0 Å². The molecule has 8 aromatic rings. The molecule has 24 nitrogen and oxygen atoms in total. The summed E-state index contributed by atoms with van der Waals surface area (Å²) in [6.45, 7) is 0. The van der Waals surface area contributed by atoms with Gasteiger partial charge in [0.05, 0.1) is 113 Å². The van der Waals surface area contributed by atoms with Crippen LogP contribution in [0.25, 0.3) is 0 Å². The minimum Gasteiger partial charge on any atom is -0.867 e. The van der Waals surface area contributed by atoms with Gasteiger partial charge in [-0.2, -0.15) is 0 Å². The van der Waals surface area contributed by atoms with E-state index in [9.17, 15) is 52.4 Å². The summed E-state index contributed by atoms with van der Waals surface area (Å²) in [7, 11) is 13.9. The van der Waals surface area contributed by atoms with Crippen molar-refractivity contribution >= 4 is 29.6 Å². The maximum Gasteiger partial charge on any atom is 0.445 e. The second-order valence-electron chi connectivity index (χ2n) is 15.4. The summed E-state index contributed by atoms with van der Waals surface area (Å²) < 4.78 is 162. The Morgan fingerprint density at radius 1 is 0.237 bits per heavy atom. The van der Waals surface area contributed by atoms with E-state index in [0.717, 1.165) is 0 Å². The van der Waals surface area contributed by atoms with Crippen LogP contribution in [-0.4, -0.2) is 66.1 Å². The Morgan fingerprint density at radius 2 is 0.300 bits per heavy atom. The van der Waals surface area contributed by atoms with Crippen LogP contribution in [0.2, 0.25) is 0 Å². The van der Waals surface area contributed by atoms with Crippen LogP contribution in [0.3, 0.4) is 0 Å². The fraction of sp³-hybridized carbons (Fsp3) is 0.400. The molecule has 0 aliphatic rings. The van der Waals surface area contributed by atoms with Crippen molar-refractivity contribution in [3.63, 3.8) is 0 Å². The normalized spacial score (nSPS) is 9.25. The fourth-order valence-corrected chi connectivity index (χ4v) is 4.57. The molecule has 0 aliphatic heterocycles. The highest BCUT2D eigenvalue weighted by Crippen LogP contribution is 1.89. The molecule has 448 valence electrons. The Labute approximate surface area is 455 Å². The lowest BCUT2D eigenvalue weighted by atomic mass is 10.3. The topological polar surface area (TPSA) is 255 Å². The summed E-state index contributed by atoms with van der Waals surface area (Å²) in [5, 5.41) is 66.4. The van der Waals surface area contributed by atoms with Crippen LogP contribution >= 0.6 is 0 Å². The molecule has 0 aliphatic carbocycles. The lowest BCUT2D eigenvalue weighted by Gasteiger charge is -2.09. The second kappa shape index (κ2) is 41.8. The first kappa shape index (κ1) is 79.3. The molecule has 0 aromatic carbocycles.